The molecule has 0 aliphatic heterocycles. The van der Waals surface area contributed by atoms with Gasteiger partial charge in [0.1, 0.15) is 0 Å². The summed E-state index contributed by atoms with van der Waals surface area (Å²) in [6.45, 7) is 4.55. The van der Waals surface area contributed by atoms with Crippen molar-refractivity contribution in [3.63, 3.8) is 0 Å². The Hall–Kier alpha value is -1.89. The lowest BCUT2D eigenvalue weighted by molar-refractivity contribution is -0.0216. The van der Waals surface area contributed by atoms with Gasteiger partial charge in [0, 0.05) is 12.6 Å². The highest BCUT2D eigenvalue weighted by Gasteiger charge is 2.48. The van der Waals surface area contributed by atoms with Crippen molar-refractivity contribution in [1.82, 2.24) is 19.5 Å². The molecule has 7 heteroatoms. The Balaban J connectivity index is 2.03. The Kier molecular flexibility index (Phi) is 2.82. The van der Waals surface area contributed by atoms with Gasteiger partial charge in [0.15, 0.2) is 11.2 Å². The van der Waals surface area contributed by atoms with Crippen LogP contribution < -0.4 is 11.3 Å². The predicted octanol–water partition coefficient (Wildman–Crippen LogP) is 0.671. The van der Waals surface area contributed by atoms with E-state index < -0.39 is 0 Å². The molecule has 1 aliphatic carbocycles. The number of rotatable bonds is 3. The molecule has 2 aromatic heterocycles. The highest BCUT2D eigenvalue weighted by molar-refractivity contribution is 5.70. The summed E-state index contributed by atoms with van der Waals surface area (Å²) in [6, 6.07) is 0.220. The molecule has 1 saturated carbocycles. The molecule has 0 saturated heterocycles. The van der Waals surface area contributed by atoms with Crippen molar-refractivity contribution in [2.45, 2.75) is 32.7 Å². The number of anilines is 1. The molecular weight excluding hydrogens is 258 g/mol. The summed E-state index contributed by atoms with van der Waals surface area (Å²) >= 11 is 0. The fraction of sp³-hybridized carbons (Fsp3) is 0.615. The minimum Gasteiger partial charge on any atom is -0.396 e. The summed E-state index contributed by atoms with van der Waals surface area (Å²) < 4.78 is 1.94. The van der Waals surface area contributed by atoms with Gasteiger partial charge >= 0.3 is 0 Å². The van der Waals surface area contributed by atoms with Crippen LogP contribution in [0.2, 0.25) is 0 Å². The molecular formula is C13H19N5O2. The number of aromatic nitrogens is 4. The number of aliphatic hydroxyl groups is 1. The highest BCUT2D eigenvalue weighted by atomic mass is 16.3. The number of imidazole rings is 1. The van der Waals surface area contributed by atoms with Crippen LogP contribution in [-0.2, 0) is 0 Å². The van der Waals surface area contributed by atoms with Gasteiger partial charge in [0.25, 0.3) is 5.56 Å². The van der Waals surface area contributed by atoms with Gasteiger partial charge < -0.3 is 15.4 Å². The highest BCUT2D eigenvalue weighted by Crippen LogP contribution is 2.55. The zero-order chi connectivity index (χ0) is 14.5. The number of nitrogen functional groups attached to an aromatic ring is 1. The normalized spacial score (nSPS) is 24.8. The van der Waals surface area contributed by atoms with E-state index in [-0.39, 0.29) is 29.6 Å². The molecule has 0 unspecified atom stereocenters. The van der Waals surface area contributed by atoms with Crippen molar-refractivity contribution in [1.29, 1.82) is 0 Å². The zero-order valence-corrected chi connectivity index (χ0v) is 11.6. The molecule has 0 aromatic carbocycles. The fourth-order valence-corrected chi connectivity index (χ4v) is 3.28. The maximum atomic E-state index is 11.8. The van der Waals surface area contributed by atoms with Crippen molar-refractivity contribution in [3.8, 4) is 0 Å². The number of hydrogen-bond donors (Lipinski definition) is 3. The SMILES string of the molecule is CC1(C)[C@@H](CCO)C[C@H]1n1cnc2c(=O)[nH]c(N)nc21. The van der Waals surface area contributed by atoms with Crippen LogP contribution >= 0.6 is 0 Å². The quantitative estimate of drug-likeness (QED) is 0.764. The molecule has 2 atom stereocenters. The Morgan fingerprint density at radius 2 is 2.35 bits per heavy atom. The van der Waals surface area contributed by atoms with Crippen molar-refractivity contribution in [2.75, 3.05) is 12.3 Å². The van der Waals surface area contributed by atoms with E-state index in [1.54, 1.807) is 6.33 Å². The molecule has 0 amide bonds. The molecule has 0 radical (unpaired) electrons. The lowest BCUT2D eigenvalue weighted by Crippen LogP contribution is -2.46. The van der Waals surface area contributed by atoms with Gasteiger partial charge in [-0.2, -0.15) is 4.98 Å². The first-order valence-corrected chi connectivity index (χ1v) is 6.78. The number of aliphatic hydroxyl groups excluding tert-OH is 1. The molecule has 20 heavy (non-hydrogen) atoms. The lowest BCUT2D eigenvalue weighted by Gasteiger charge is -2.52. The Morgan fingerprint density at radius 1 is 1.60 bits per heavy atom. The number of fused-ring (bicyclic) bond motifs is 1. The fourth-order valence-electron chi connectivity index (χ4n) is 3.28. The van der Waals surface area contributed by atoms with Crippen LogP contribution in [0.25, 0.3) is 11.2 Å². The molecule has 3 rings (SSSR count). The molecule has 1 fully saturated rings. The summed E-state index contributed by atoms with van der Waals surface area (Å²) in [5, 5.41) is 9.10. The topological polar surface area (TPSA) is 110 Å². The maximum absolute atomic E-state index is 11.8. The summed E-state index contributed by atoms with van der Waals surface area (Å²) in [4.78, 5) is 22.6. The van der Waals surface area contributed by atoms with Gasteiger partial charge in [-0.3, -0.25) is 9.78 Å². The van der Waals surface area contributed by atoms with Gasteiger partial charge in [-0.05, 0) is 24.2 Å². The van der Waals surface area contributed by atoms with E-state index in [0.29, 0.717) is 17.1 Å². The van der Waals surface area contributed by atoms with Gasteiger partial charge in [-0.1, -0.05) is 13.8 Å². The third-order valence-electron chi connectivity index (χ3n) is 4.68. The van der Waals surface area contributed by atoms with E-state index in [0.717, 1.165) is 12.8 Å². The number of hydrogen-bond acceptors (Lipinski definition) is 5. The van der Waals surface area contributed by atoms with Gasteiger partial charge in [0.2, 0.25) is 5.95 Å². The maximum Gasteiger partial charge on any atom is 0.280 e. The Morgan fingerprint density at radius 3 is 3.00 bits per heavy atom. The average molecular weight is 277 g/mol. The van der Waals surface area contributed by atoms with Crippen molar-refractivity contribution >= 4 is 17.1 Å². The van der Waals surface area contributed by atoms with Crippen LogP contribution in [0.3, 0.4) is 0 Å². The predicted molar refractivity (Wildman–Crippen MR) is 75.2 cm³/mol. The molecule has 2 aromatic rings. The minimum atomic E-state index is -0.310. The largest absolute Gasteiger partial charge is 0.396 e. The van der Waals surface area contributed by atoms with Gasteiger partial charge in [-0.15, -0.1) is 0 Å². The minimum absolute atomic E-state index is 0.0371. The third-order valence-corrected chi connectivity index (χ3v) is 4.68. The standard InChI is InChI=1S/C13H19N5O2/c1-13(2)7(3-4-19)5-8(13)18-6-15-9-10(18)16-12(14)17-11(9)20/h6-8,19H,3-5H2,1-2H3,(H3,14,16,17,20)/t7-,8+/m0/s1. The monoisotopic (exact) mass is 277 g/mol. The first-order chi connectivity index (χ1) is 9.45. The van der Waals surface area contributed by atoms with Crippen LogP contribution in [0.15, 0.2) is 11.1 Å². The second-order valence-corrected chi connectivity index (χ2v) is 6.06. The smallest absolute Gasteiger partial charge is 0.280 e. The molecule has 7 nitrogen and oxygen atoms in total. The second kappa shape index (κ2) is 4.31. The van der Waals surface area contributed by atoms with E-state index in [4.69, 9.17) is 10.8 Å². The van der Waals surface area contributed by atoms with Crippen molar-refractivity contribution < 1.29 is 5.11 Å². The second-order valence-electron chi connectivity index (χ2n) is 6.06. The third kappa shape index (κ3) is 1.73. The van der Waals surface area contributed by atoms with Crippen LogP contribution in [0.4, 0.5) is 5.95 Å². The Labute approximate surface area is 115 Å². The Bertz CT molecular complexity index is 702. The van der Waals surface area contributed by atoms with Crippen molar-refractivity contribution in [2.24, 2.45) is 11.3 Å². The average Bonchev–Trinajstić information content (AvgIpc) is 2.77. The van der Waals surface area contributed by atoms with E-state index in [2.05, 4.69) is 28.8 Å². The van der Waals surface area contributed by atoms with Crippen LogP contribution in [0.5, 0.6) is 0 Å². The zero-order valence-electron chi connectivity index (χ0n) is 11.6. The lowest BCUT2D eigenvalue weighted by atomic mass is 9.57. The number of aromatic amines is 1. The number of H-pyrrole nitrogens is 1. The summed E-state index contributed by atoms with van der Waals surface area (Å²) in [7, 11) is 0. The van der Waals surface area contributed by atoms with E-state index in [1.165, 1.54) is 0 Å². The van der Waals surface area contributed by atoms with Crippen LogP contribution in [0.1, 0.15) is 32.7 Å². The van der Waals surface area contributed by atoms with Gasteiger partial charge in [-0.25, -0.2) is 4.98 Å². The summed E-state index contributed by atoms with van der Waals surface area (Å²) in [5.74, 6) is 0.572. The number of nitrogens with zero attached hydrogens (tertiary/aromatic N) is 3. The first kappa shape index (κ1) is 13.1. The van der Waals surface area contributed by atoms with Crippen molar-refractivity contribution in [3.05, 3.63) is 16.7 Å². The van der Waals surface area contributed by atoms with Crippen LogP contribution in [-0.4, -0.2) is 31.2 Å². The van der Waals surface area contributed by atoms with Crippen LogP contribution in [0, 0.1) is 11.3 Å². The molecule has 0 bridgehead atoms. The molecule has 0 spiro atoms. The molecule has 2 heterocycles. The van der Waals surface area contributed by atoms with E-state index in [1.807, 2.05) is 4.57 Å². The van der Waals surface area contributed by atoms with Gasteiger partial charge in [0.05, 0.1) is 6.33 Å². The molecule has 1 aliphatic rings. The van der Waals surface area contributed by atoms with E-state index in [9.17, 15) is 4.79 Å². The van der Waals surface area contributed by atoms with E-state index >= 15 is 0 Å². The molecule has 108 valence electrons. The summed E-state index contributed by atoms with van der Waals surface area (Å²) in [5.41, 5.74) is 6.20. The number of nitrogens with two attached hydrogens (primary N) is 1. The first-order valence-electron chi connectivity index (χ1n) is 6.78. The molecule has 4 N–H and O–H groups in total. The number of nitrogens with one attached hydrogen (secondary N) is 1. The summed E-state index contributed by atoms with van der Waals surface area (Å²) in [6.07, 6.45) is 3.41.